The fourth-order valence-corrected chi connectivity index (χ4v) is 1.39. The number of hydrogen-bond acceptors (Lipinski definition) is 1. The monoisotopic (exact) mass is 169 g/mol. The molecule has 0 aliphatic rings. The molecule has 72 valence electrons. The highest BCUT2D eigenvalue weighted by Crippen LogP contribution is 2.12. The van der Waals surface area contributed by atoms with Crippen LogP contribution in [0, 0.1) is 5.92 Å². The van der Waals surface area contributed by atoms with Gasteiger partial charge in [-0.3, -0.25) is 0 Å². The predicted molar refractivity (Wildman–Crippen MR) is 56.1 cm³/mol. The molecular weight excluding hydrogens is 146 g/mol. The van der Waals surface area contributed by atoms with E-state index in [0.29, 0.717) is 0 Å². The van der Waals surface area contributed by atoms with E-state index >= 15 is 0 Å². The minimum absolute atomic E-state index is 0.758. The summed E-state index contributed by atoms with van der Waals surface area (Å²) in [5.41, 5.74) is 5.61. The van der Waals surface area contributed by atoms with Gasteiger partial charge in [0.2, 0.25) is 0 Å². The summed E-state index contributed by atoms with van der Waals surface area (Å²) in [6, 6.07) is 0. The lowest BCUT2D eigenvalue weighted by molar-refractivity contribution is 0.452. The van der Waals surface area contributed by atoms with Gasteiger partial charge in [0, 0.05) is 0 Å². The maximum atomic E-state index is 5.61. The molecule has 1 atom stereocenters. The van der Waals surface area contributed by atoms with E-state index in [0.717, 1.165) is 12.5 Å². The summed E-state index contributed by atoms with van der Waals surface area (Å²) in [5, 5.41) is 0. The first kappa shape index (κ1) is 11.7. The summed E-state index contributed by atoms with van der Waals surface area (Å²) in [6.45, 7) is 6.79. The average molecular weight is 169 g/mol. The van der Waals surface area contributed by atoms with E-state index in [1.807, 2.05) is 6.08 Å². The Kier molecular flexibility index (Phi) is 8.57. The van der Waals surface area contributed by atoms with Crippen LogP contribution in [0.3, 0.4) is 0 Å². The van der Waals surface area contributed by atoms with Crippen LogP contribution in [-0.4, -0.2) is 6.54 Å². The molecule has 0 aromatic heterocycles. The van der Waals surface area contributed by atoms with Crippen LogP contribution in [-0.2, 0) is 0 Å². The summed E-state index contributed by atoms with van der Waals surface area (Å²) in [6.07, 6.45) is 9.68. The number of hydrogen-bond donors (Lipinski definition) is 1. The minimum atomic E-state index is 0.758. The first-order valence-corrected chi connectivity index (χ1v) is 5.16. The van der Waals surface area contributed by atoms with E-state index in [4.69, 9.17) is 5.73 Å². The second-order valence-corrected chi connectivity index (χ2v) is 3.44. The van der Waals surface area contributed by atoms with Crippen molar-refractivity contribution in [2.24, 2.45) is 11.7 Å². The van der Waals surface area contributed by atoms with Gasteiger partial charge in [0.1, 0.15) is 0 Å². The van der Waals surface area contributed by atoms with Gasteiger partial charge in [-0.2, -0.15) is 0 Å². The molecule has 1 heteroatoms. The van der Waals surface area contributed by atoms with Crippen LogP contribution in [0.5, 0.6) is 0 Å². The molecular formula is C11H23N. The Morgan fingerprint density at radius 1 is 1.33 bits per heavy atom. The van der Waals surface area contributed by atoms with Crippen LogP contribution in [0.25, 0.3) is 0 Å². The molecule has 0 aromatic rings. The van der Waals surface area contributed by atoms with Gasteiger partial charge in [0.25, 0.3) is 0 Å². The van der Waals surface area contributed by atoms with Crippen molar-refractivity contribution in [1.82, 2.24) is 0 Å². The summed E-state index contributed by atoms with van der Waals surface area (Å²) in [7, 11) is 0. The molecule has 0 fully saturated rings. The Hall–Kier alpha value is -0.300. The highest BCUT2D eigenvalue weighted by molar-refractivity contribution is 4.66. The molecule has 0 saturated heterocycles. The van der Waals surface area contributed by atoms with Crippen LogP contribution < -0.4 is 5.73 Å². The van der Waals surface area contributed by atoms with Gasteiger partial charge < -0.3 is 5.73 Å². The van der Waals surface area contributed by atoms with Gasteiger partial charge in [-0.25, -0.2) is 0 Å². The molecule has 0 amide bonds. The van der Waals surface area contributed by atoms with Crippen LogP contribution in [0.1, 0.15) is 45.4 Å². The van der Waals surface area contributed by atoms with Crippen molar-refractivity contribution in [3.8, 4) is 0 Å². The Labute approximate surface area is 77.0 Å². The topological polar surface area (TPSA) is 26.0 Å². The lowest BCUT2D eigenvalue weighted by Crippen LogP contribution is -2.12. The van der Waals surface area contributed by atoms with Crippen LogP contribution >= 0.6 is 0 Å². The molecule has 2 N–H and O–H groups in total. The van der Waals surface area contributed by atoms with Gasteiger partial charge in [0.05, 0.1) is 0 Å². The lowest BCUT2D eigenvalue weighted by atomic mass is 9.98. The Bertz CT molecular complexity index is 95.2. The van der Waals surface area contributed by atoms with Crippen molar-refractivity contribution in [1.29, 1.82) is 0 Å². The number of unbranched alkanes of at least 4 members (excludes halogenated alkanes) is 3. The fraction of sp³-hybridized carbons (Fsp3) is 0.818. The lowest BCUT2D eigenvalue weighted by Gasteiger charge is -2.10. The zero-order chi connectivity index (χ0) is 9.23. The third-order valence-corrected chi connectivity index (χ3v) is 2.43. The second kappa shape index (κ2) is 8.79. The number of rotatable bonds is 8. The van der Waals surface area contributed by atoms with E-state index in [1.54, 1.807) is 0 Å². The molecule has 0 spiro atoms. The van der Waals surface area contributed by atoms with Gasteiger partial charge >= 0.3 is 0 Å². The molecule has 0 radical (unpaired) electrons. The molecule has 1 unspecified atom stereocenters. The molecule has 0 heterocycles. The predicted octanol–water partition coefficient (Wildman–Crippen LogP) is 3.11. The first-order chi connectivity index (χ1) is 5.85. The van der Waals surface area contributed by atoms with E-state index in [2.05, 4.69) is 13.5 Å². The van der Waals surface area contributed by atoms with Crippen molar-refractivity contribution in [3.05, 3.63) is 12.7 Å². The van der Waals surface area contributed by atoms with Crippen LogP contribution in [0.15, 0.2) is 12.7 Å². The van der Waals surface area contributed by atoms with E-state index in [1.165, 1.54) is 38.5 Å². The zero-order valence-corrected chi connectivity index (χ0v) is 8.39. The maximum absolute atomic E-state index is 5.61. The Morgan fingerprint density at radius 3 is 2.58 bits per heavy atom. The van der Waals surface area contributed by atoms with Gasteiger partial charge in [-0.1, -0.05) is 32.3 Å². The fourth-order valence-electron chi connectivity index (χ4n) is 1.39. The molecule has 0 aliphatic carbocycles. The number of nitrogens with two attached hydrogens (primary N) is 1. The van der Waals surface area contributed by atoms with E-state index < -0.39 is 0 Å². The largest absolute Gasteiger partial charge is 0.330 e. The van der Waals surface area contributed by atoms with E-state index in [9.17, 15) is 0 Å². The summed E-state index contributed by atoms with van der Waals surface area (Å²) in [5.74, 6) is 0.758. The smallest absolute Gasteiger partial charge is 0.00490 e. The van der Waals surface area contributed by atoms with Crippen molar-refractivity contribution < 1.29 is 0 Å². The normalized spacial score (nSPS) is 12.8. The van der Waals surface area contributed by atoms with Crippen LogP contribution in [0.4, 0.5) is 0 Å². The standard InChI is InChI=1S/C11H23N/c1-3-5-6-7-8-9-11(4-2)10-12/h3,11H,1,4-10,12H2,2H3. The van der Waals surface area contributed by atoms with Crippen molar-refractivity contribution in [3.63, 3.8) is 0 Å². The minimum Gasteiger partial charge on any atom is -0.330 e. The van der Waals surface area contributed by atoms with Crippen molar-refractivity contribution in [2.75, 3.05) is 6.54 Å². The maximum Gasteiger partial charge on any atom is -0.00490 e. The summed E-state index contributed by atoms with van der Waals surface area (Å²) in [4.78, 5) is 0. The molecule has 1 nitrogen and oxygen atoms in total. The highest BCUT2D eigenvalue weighted by atomic mass is 14.5. The van der Waals surface area contributed by atoms with Crippen molar-refractivity contribution >= 4 is 0 Å². The van der Waals surface area contributed by atoms with Gasteiger partial charge in [0.15, 0.2) is 0 Å². The number of allylic oxidation sites excluding steroid dienone is 1. The van der Waals surface area contributed by atoms with Crippen molar-refractivity contribution in [2.45, 2.75) is 45.4 Å². The quantitative estimate of drug-likeness (QED) is 0.438. The Balaban J connectivity index is 3.11. The molecule has 0 aliphatic heterocycles. The van der Waals surface area contributed by atoms with Crippen LogP contribution in [0.2, 0.25) is 0 Å². The Morgan fingerprint density at radius 2 is 2.08 bits per heavy atom. The average Bonchev–Trinajstić information content (AvgIpc) is 2.11. The molecule has 0 rings (SSSR count). The SMILES string of the molecule is C=CCCCCCC(CC)CN. The van der Waals surface area contributed by atoms with Gasteiger partial charge in [-0.15, -0.1) is 6.58 Å². The summed E-state index contributed by atoms with van der Waals surface area (Å²) >= 11 is 0. The molecule has 0 saturated carbocycles. The zero-order valence-electron chi connectivity index (χ0n) is 8.39. The third kappa shape index (κ3) is 6.41. The summed E-state index contributed by atoms with van der Waals surface area (Å²) < 4.78 is 0. The second-order valence-electron chi connectivity index (χ2n) is 3.44. The molecule has 0 aromatic carbocycles. The highest BCUT2D eigenvalue weighted by Gasteiger charge is 2.01. The molecule has 0 bridgehead atoms. The first-order valence-electron chi connectivity index (χ1n) is 5.16. The van der Waals surface area contributed by atoms with Gasteiger partial charge in [-0.05, 0) is 31.7 Å². The van der Waals surface area contributed by atoms with E-state index in [-0.39, 0.29) is 0 Å². The molecule has 12 heavy (non-hydrogen) atoms. The third-order valence-electron chi connectivity index (χ3n) is 2.43.